The summed E-state index contributed by atoms with van der Waals surface area (Å²) in [6.45, 7) is 5.59. The fraction of sp³-hybridized carbons (Fsp3) is 0.700. The number of rotatable bonds is 6. The summed E-state index contributed by atoms with van der Waals surface area (Å²) in [5.41, 5.74) is 2.58. The van der Waals surface area contributed by atoms with Gasteiger partial charge in [0.05, 0.1) is 6.10 Å². The first-order valence-corrected chi connectivity index (χ1v) is 4.35. The molecule has 1 atom stereocenters. The number of hydrogen-bond acceptors (Lipinski definition) is 1. The van der Waals surface area contributed by atoms with Gasteiger partial charge in [-0.25, -0.2) is 0 Å². The Morgan fingerprint density at radius 1 is 1.45 bits per heavy atom. The SMILES string of the molecule is C=C=CC(O)CCCCCC. The molecule has 0 amide bonds. The maximum absolute atomic E-state index is 9.19. The van der Waals surface area contributed by atoms with E-state index in [-0.39, 0.29) is 6.10 Å². The number of aliphatic hydroxyl groups is 1. The van der Waals surface area contributed by atoms with Crippen LogP contribution in [0.25, 0.3) is 0 Å². The van der Waals surface area contributed by atoms with Gasteiger partial charge in [-0.05, 0) is 12.5 Å². The van der Waals surface area contributed by atoms with Gasteiger partial charge in [0.2, 0.25) is 0 Å². The molecular weight excluding hydrogens is 136 g/mol. The van der Waals surface area contributed by atoms with E-state index in [2.05, 4.69) is 19.2 Å². The lowest BCUT2D eigenvalue weighted by molar-refractivity contribution is 0.208. The van der Waals surface area contributed by atoms with Crippen LogP contribution in [0.5, 0.6) is 0 Å². The van der Waals surface area contributed by atoms with Gasteiger partial charge in [-0.15, -0.1) is 5.73 Å². The summed E-state index contributed by atoms with van der Waals surface area (Å²) in [5.74, 6) is 0. The highest BCUT2D eigenvalue weighted by atomic mass is 16.3. The van der Waals surface area contributed by atoms with Gasteiger partial charge < -0.3 is 5.11 Å². The second-order valence-corrected chi connectivity index (χ2v) is 2.79. The first-order chi connectivity index (χ1) is 5.31. The van der Waals surface area contributed by atoms with Crippen molar-refractivity contribution in [1.29, 1.82) is 0 Å². The molecule has 1 unspecified atom stereocenters. The second-order valence-electron chi connectivity index (χ2n) is 2.79. The second kappa shape index (κ2) is 7.59. The van der Waals surface area contributed by atoms with Crippen LogP contribution in [0.15, 0.2) is 18.4 Å². The van der Waals surface area contributed by atoms with Crippen LogP contribution in [0, 0.1) is 0 Å². The lowest BCUT2D eigenvalue weighted by Gasteiger charge is -2.02. The molecule has 0 aromatic heterocycles. The Bertz CT molecular complexity index is 123. The van der Waals surface area contributed by atoms with E-state index < -0.39 is 0 Å². The molecular formula is C10H18O. The smallest absolute Gasteiger partial charge is 0.0794 e. The molecule has 0 aliphatic heterocycles. The van der Waals surface area contributed by atoms with Crippen molar-refractivity contribution in [2.45, 2.75) is 45.1 Å². The first-order valence-electron chi connectivity index (χ1n) is 4.35. The van der Waals surface area contributed by atoms with Gasteiger partial charge in [0.1, 0.15) is 0 Å². The highest BCUT2D eigenvalue weighted by molar-refractivity contribution is 4.83. The zero-order valence-corrected chi connectivity index (χ0v) is 7.34. The molecule has 0 aliphatic rings. The Balaban J connectivity index is 3.17. The minimum atomic E-state index is -0.329. The molecule has 0 aromatic carbocycles. The van der Waals surface area contributed by atoms with Crippen molar-refractivity contribution in [1.82, 2.24) is 0 Å². The molecule has 1 nitrogen and oxygen atoms in total. The molecule has 64 valence electrons. The highest BCUT2D eigenvalue weighted by Crippen LogP contribution is 2.05. The third-order valence-electron chi connectivity index (χ3n) is 1.66. The van der Waals surface area contributed by atoms with E-state index in [0.29, 0.717) is 0 Å². The minimum absolute atomic E-state index is 0.329. The van der Waals surface area contributed by atoms with Gasteiger partial charge in [-0.1, -0.05) is 39.2 Å². The van der Waals surface area contributed by atoms with Crippen LogP contribution < -0.4 is 0 Å². The maximum Gasteiger partial charge on any atom is 0.0794 e. The third-order valence-corrected chi connectivity index (χ3v) is 1.66. The largest absolute Gasteiger partial charge is 0.388 e. The maximum atomic E-state index is 9.19. The predicted molar refractivity (Wildman–Crippen MR) is 48.5 cm³/mol. The Hall–Kier alpha value is -0.520. The number of hydrogen-bond donors (Lipinski definition) is 1. The number of unbranched alkanes of at least 4 members (excludes halogenated alkanes) is 3. The molecule has 1 heteroatoms. The van der Waals surface area contributed by atoms with Gasteiger partial charge in [-0.3, -0.25) is 0 Å². The molecule has 0 spiro atoms. The third kappa shape index (κ3) is 7.38. The van der Waals surface area contributed by atoms with Gasteiger partial charge in [0, 0.05) is 0 Å². The molecule has 0 aromatic rings. The van der Waals surface area contributed by atoms with E-state index in [1.807, 2.05) is 0 Å². The fourth-order valence-electron chi connectivity index (χ4n) is 1.000. The standard InChI is InChI=1S/C10H18O/c1-3-5-6-7-9-10(11)8-4-2/h8,10-11H,2-3,5-7,9H2,1H3. The van der Waals surface area contributed by atoms with E-state index in [1.54, 1.807) is 6.08 Å². The Morgan fingerprint density at radius 2 is 2.18 bits per heavy atom. The van der Waals surface area contributed by atoms with Crippen molar-refractivity contribution in [3.63, 3.8) is 0 Å². The highest BCUT2D eigenvalue weighted by Gasteiger charge is 1.96. The van der Waals surface area contributed by atoms with Gasteiger partial charge in [-0.2, -0.15) is 0 Å². The van der Waals surface area contributed by atoms with Gasteiger partial charge >= 0.3 is 0 Å². The topological polar surface area (TPSA) is 20.2 Å². The first kappa shape index (κ1) is 10.5. The summed E-state index contributed by atoms with van der Waals surface area (Å²) in [6.07, 6.45) is 6.97. The molecule has 0 saturated heterocycles. The molecule has 0 radical (unpaired) electrons. The summed E-state index contributed by atoms with van der Waals surface area (Å²) in [6, 6.07) is 0. The Kier molecular flexibility index (Phi) is 7.23. The zero-order valence-electron chi connectivity index (χ0n) is 7.34. The minimum Gasteiger partial charge on any atom is -0.388 e. The van der Waals surface area contributed by atoms with E-state index >= 15 is 0 Å². The van der Waals surface area contributed by atoms with Gasteiger partial charge in [0.25, 0.3) is 0 Å². The van der Waals surface area contributed by atoms with Crippen LogP contribution in [0.1, 0.15) is 39.0 Å². The molecule has 0 heterocycles. The van der Waals surface area contributed by atoms with Crippen LogP contribution in [0.2, 0.25) is 0 Å². The molecule has 1 N–H and O–H groups in total. The van der Waals surface area contributed by atoms with E-state index in [0.717, 1.165) is 12.8 Å². The monoisotopic (exact) mass is 154 g/mol. The Morgan fingerprint density at radius 3 is 2.73 bits per heavy atom. The van der Waals surface area contributed by atoms with Crippen molar-refractivity contribution in [3.05, 3.63) is 18.4 Å². The Labute approximate surface area is 69.4 Å². The van der Waals surface area contributed by atoms with Crippen LogP contribution in [0.4, 0.5) is 0 Å². The fourth-order valence-corrected chi connectivity index (χ4v) is 1.000. The summed E-state index contributed by atoms with van der Waals surface area (Å²) < 4.78 is 0. The lowest BCUT2D eigenvalue weighted by Crippen LogP contribution is -2.00. The summed E-state index contributed by atoms with van der Waals surface area (Å²) in [7, 11) is 0. The van der Waals surface area contributed by atoms with E-state index in [9.17, 15) is 5.11 Å². The summed E-state index contributed by atoms with van der Waals surface area (Å²) in [4.78, 5) is 0. The normalized spacial score (nSPS) is 12.2. The molecule has 0 saturated carbocycles. The molecule has 0 aliphatic carbocycles. The average molecular weight is 154 g/mol. The van der Waals surface area contributed by atoms with Crippen molar-refractivity contribution >= 4 is 0 Å². The van der Waals surface area contributed by atoms with Gasteiger partial charge in [0.15, 0.2) is 0 Å². The van der Waals surface area contributed by atoms with Crippen molar-refractivity contribution in [2.75, 3.05) is 0 Å². The summed E-state index contributed by atoms with van der Waals surface area (Å²) >= 11 is 0. The molecule has 0 rings (SSSR count). The summed E-state index contributed by atoms with van der Waals surface area (Å²) in [5, 5.41) is 9.19. The molecule has 11 heavy (non-hydrogen) atoms. The molecule has 0 fully saturated rings. The van der Waals surface area contributed by atoms with Crippen molar-refractivity contribution in [3.8, 4) is 0 Å². The molecule has 0 bridgehead atoms. The van der Waals surface area contributed by atoms with Crippen LogP contribution in [0.3, 0.4) is 0 Å². The van der Waals surface area contributed by atoms with Crippen molar-refractivity contribution < 1.29 is 5.11 Å². The van der Waals surface area contributed by atoms with Crippen LogP contribution >= 0.6 is 0 Å². The lowest BCUT2D eigenvalue weighted by atomic mass is 10.1. The van der Waals surface area contributed by atoms with E-state index in [4.69, 9.17) is 0 Å². The van der Waals surface area contributed by atoms with Crippen LogP contribution in [-0.2, 0) is 0 Å². The number of aliphatic hydroxyl groups excluding tert-OH is 1. The predicted octanol–water partition coefficient (Wildman–Crippen LogP) is 2.66. The average Bonchev–Trinajstić information content (AvgIpc) is 1.99. The van der Waals surface area contributed by atoms with Crippen molar-refractivity contribution in [2.24, 2.45) is 0 Å². The zero-order chi connectivity index (χ0) is 8.53. The van der Waals surface area contributed by atoms with E-state index in [1.165, 1.54) is 19.3 Å². The quantitative estimate of drug-likeness (QED) is 0.460. The van der Waals surface area contributed by atoms with Crippen LogP contribution in [-0.4, -0.2) is 11.2 Å².